The van der Waals surface area contributed by atoms with Crippen LogP contribution in [0.5, 0.6) is 0 Å². The molecule has 2 aromatic rings. The summed E-state index contributed by atoms with van der Waals surface area (Å²) in [4.78, 5) is 24.0. The van der Waals surface area contributed by atoms with Gasteiger partial charge < -0.3 is 10.6 Å². The van der Waals surface area contributed by atoms with Crippen LogP contribution >= 0.6 is 11.6 Å². The minimum atomic E-state index is -0.570. The summed E-state index contributed by atoms with van der Waals surface area (Å²) in [6, 6.07) is 9.59. The first-order chi connectivity index (χ1) is 11.4. The third-order valence-corrected chi connectivity index (χ3v) is 3.82. The Bertz CT molecular complexity index is 778. The largest absolute Gasteiger partial charge is 0.326 e. The van der Waals surface area contributed by atoms with Gasteiger partial charge in [-0.25, -0.2) is 4.39 Å². The Hall–Kier alpha value is -2.40. The highest BCUT2D eigenvalue weighted by atomic mass is 35.5. The lowest BCUT2D eigenvalue weighted by molar-refractivity contribution is -0.123. The van der Waals surface area contributed by atoms with Gasteiger partial charge in [0.25, 0.3) is 0 Å². The van der Waals surface area contributed by atoms with Crippen LogP contribution in [0, 0.1) is 12.7 Å². The van der Waals surface area contributed by atoms with E-state index in [4.69, 9.17) is 11.6 Å². The van der Waals surface area contributed by atoms with Crippen molar-refractivity contribution < 1.29 is 14.0 Å². The van der Waals surface area contributed by atoms with Crippen LogP contribution in [0.2, 0.25) is 5.02 Å². The van der Waals surface area contributed by atoms with Gasteiger partial charge in [-0.05, 0) is 42.7 Å². The van der Waals surface area contributed by atoms with E-state index in [0.29, 0.717) is 5.69 Å². The van der Waals surface area contributed by atoms with Crippen LogP contribution in [0.15, 0.2) is 36.4 Å². The van der Waals surface area contributed by atoms with Crippen molar-refractivity contribution in [2.24, 2.45) is 0 Å². The SMILES string of the molecule is CCc1cccc(C)c1NC(=O)CC(=O)Nc1ccc(F)c(Cl)c1. The zero-order valence-electron chi connectivity index (χ0n) is 13.5. The molecule has 0 atom stereocenters. The van der Waals surface area contributed by atoms with E-state index in [1.807, 2.05) is 32.0 Å². The maximum absolute atomic E-state index is 13.1. The highest BCUT2D eigenvalue weighted by Gasteiger charge is 2.13. The Morgan fingerprint density at radius 1 is 1.12 bits per heavy atom. The molecule has 0 aliphatic heterocycles. The number of carbonyl (C=O) groups excluding carboxylic acids is 2. The Kier molecular flexibility index (Phi) is 5.93. The van der Waals surface area contributed by atoms with E-state index >= 15 is 0 Å². The summed E-state index contributed by atoms with van der Waals surface area (Å²) in [5, 5.41) is 5.21. The number of rotatable bonds is 5. The number of carbonyl (C=O) groups is 2. The highest BCUT2D eigenvalue weighted by molar-refractivity contribution is 6.31. The predicted octanol–water partition coefficient (Wildman–Crippen LogP) is 4.32. The van der Waals surface area contributed by atoms with Gasteiger partial charge in [-0.3, -0.25) is 9.59 Å². The molecule has 126 valence electrons. The maximum Gasteiger partial charge on any atom is 0.233 e. The summed E-state index contributed by atoms with van der Waals surface area (Å²) in [7, 11) is 0. The van der Waals surface area contributed by atoms with Gasteiger partial charge in [0, 0.05) is 11.4 Å². The topological polar surface area (TPSA) is 58.2 Å². The first kappa shape index (κ1) is 17.9. The van der Waals surface area contributed by atoms with E-state index in [9.17, 15) is 14.0 Å². The molecule has 0 fully saturated rings. The molecule has 0 unspecified atom stereocenters. The van der Waals surface area contributed by atoms with Crippen molar-refractivity contribution in [2.45, 2.75) is 26.7 Å². The van der Waals surface area contributed by atoms with Gasteiger partial charge in [-0.1, -0.05) is 36.7 Å². The summed E-state index contributed by atoms with van der Waals surface area (Å²) < 4.78 is 13.1. The molecule has 0 spiro atoms. The molecule has 0 radical (unpaired) electrons. The number of hydrogen-bond donors (Lipinski definition) is 2. The van der Waals surface area contributed by atoms with Crippen LogP contribution in [0.3, 0.4) is 0 Å². The minimum Gasteiger partial charge on any atom is -0.326 e. The van der Waals surface area contributed by atoms with Crippen molar-refractivity contribution in [3.05, 3.63) is 58.4 Å². The molecule has 0 heterocycles. The van der Waals surface area contributed by atoms with Gasteiger partial charge >= 0.3 is 0 Å². The van der Waals surface area contributed by atoms with Crippen LogP contribution in [0.25, 0.3) is 0 Å². The summed E-state index contributed by atoms with van der Waals surface area (Å²) >= 11 is 5.66. The van der Waals surface area contributed by atoms with Gasteiger partial charge in [0.15, 0.2) is 0 Å². The molecule has 6 heteroatoms. The van der Waals surface area contributed by atoms with E-state index in [1.54, 1.807) is 0 Å². The summed E-state index contributed by atoms with van der Waals surface area (Å²) in [6.45, 7) is 3.89. The fraction of sp³-hybridized carbons (Fsp3) is 0.222. The zero-order valence-corrected chi connectivity index (χ0v) is 14.2. The fourth-order valence-corrected chi connectivity index (χ4v) is 2.49. The predicted molar refractivity (Wildman–Crippen MR) is 93.8 cm³/mol. The smallest absolute Gasteiger partial charge is 0.233 e. The molecule has 0 saturated carbocycles. The average Bonchev–Trinajstić information content (AvgIpc) is 2.52. The van der Waals surface area contributed by atoms with Crippen molar-refractivity contribution in [1.29, 1.82) is 0 Å². The number of halogens is 2. The molecule has 2 rings (SSSR count). The van der Waals surface area contributed by atoms with Crippen LogP contribution in [0.4, 0.5) is 15.8 Å². The van der Waals surface area contributed by atoms with E-state index in [1.165, 1.54) is 12.1 Å². The number of anilines is 2. The first-order valence-corrected chi connectivity index (χ1v) is 7.91. The molecule has 4 nitrogen and oxygen atoms in total. The van der Waals surface area contributed by atoms with E-state index in [2.05, 4.69) is 10.6 Å². The molecule has 2 N–H and O–H groups in total. The van der Waals surface area contributed by atoms with Crippen molar-refractivity contribution in [3.8, 4) is 0 Å². The number of nitrogens with one attached hydrogen (secondary N) is 2. The molecule has 0 bridgehead atoms. The van der Waals surface area contributed by atoms with Crippen LogP contribution in [-0.2, 0) is 16.0 Å². The number of para-hydroxylation sites is 1. The summed E-state index contributed by atoms with van der Waals surface area (Å²) in [5.41, 5.74) is 3.02. The molecular weight excluding hydrogens is 331 g/mol. The zero-order chi connectivity index (χ0) is 17.7. The summed E-state index contributed by atoms with van der Waals surface area (Å²) in [5.74, 6) is -1.48. The van der Waals surface area contributed by atoms with Crippen LogP contribution < -0.4 is 10.6 Å². The quantitative estimate of drug-likeness (QED) is 0.791. The average molecular weight is 349 g/mol. The van der Waals surface area contributed by atoms with E-state index in [-0.39, 0.29) is 11.4 Å². The van der Waals surface area contributed by atoms with Crippen molar-refractivity contribution >= 4 is 34.8 Å². The highest BCUT2D eigenvalue weighted by Crippen LogP contribution is 2.22. The van der Waals surface area contributed by atoms with E-state index in [0.717, 1.165) is 29.3 Å². The standard InChI is InChI=1S/C18H18ClFN2O2/c1-3-12-6-4-5-11(2)18(12)22-17(24)10-16(23)21-13-7-8-15(20)14(19)9-13/h4-9H,3,10H2,1-2H3,(H,21,23)(H,22,24). The second kappa shape index (κ2) is 7.93. The molecule has 24 heavy (non-hydrogen) atoms. The molecule has 2 aromatic carbocycles. The van der Waals surface area contributed by atoms with Crippen LogP contribution in [-0.4, -0.2) is 11.8 Å². The second-order valence-electron chi connectivity index (χ2n) is 5.36. The molecule has 0 aromatic heterocycles. The molecule has 0 aliphatic rings. The Labute approximate surface area is 145 Å². The minimum absolute atomic E-state index is 0.0928. The molecule has 2 amide bonds. The summed E-state index contributed by atoms with van der Waals surface area (Å²) in [6.07, 6.45) is 0.435. The molecular formula is C18H18ClFN2O2. The molecule has 0 saturated heterocycles. The maximum atomic E-state index is 13.1. The third-order valence-electron chi connectivity index (χ3n) is 3.53. The van der Waals surface area contributed by atoms with Gasteiger partial charge in [0.05, 0.1) is 5.02 Å². The lowest BCUT2D eigenvalue weighted by Gasteiger charge is -2.13. The van der Waals surface area contributed by atoms with Crippen molar-refractivity contribution in [3.63, 3.8) is 0 Å². The number of aryl methyl sites for hydroxylation is 2. The van der Waals surface area contributed by atoms with Gasteiger partial charge in [-0.2, -0.15) is 0 Å². The first-order valence-electron chi connectivity index (χ1n) is 7.54. The normalized spacial score (nSPS) is 10.3. The van der Waals surface area contributed by atoms with Crippen molar-refractivity contribution in [2.75, 3.05) is 10.6 Å². The monoisotopic (exact) mass is 348 g/mol. The Morgan fingerprint density at radius 3 is 2.50 bits per heavy atom. The Balaban J connectivity index is 1.99. The Morgan fingerprint density at radius 2 is 1.83 bits per heavy atom. The number of amides is 2. The molecule has 0 aliphatic carbocycles. The number of hydrogen-bond acceptors (Lipinski definition) is 2. The lowest BCUT2D eigenvalue weighted by atomic mass is 10.1. The van der Waals surface area contributed by atoms with Crippen molar-refractivity contribution in [1.82, 2.24) is 0 Å². The second-order valence-corrected chi connectivity index (χ2v) is 5.77. The lowest BCUT2D eigenvalue weighted by Crippen LogP contribution is -2.22. The third kappa shape index (κ3) is 4.55. The van der Waals surface area contributed by atoms with Crippen LogP contribution in [0.1, 0.15) is 24.5 Å². The van der Waals surface area contributed by atoms with E-state index < -0.39 is 17.6 Å². The number of benzene rings is 2. The van der Waals surface area contributed by atoms with Gasteiger partial charge in [0.1, 0.15) is 12.2 Å². The van der Waals surface area contributed by atoms with Gasteiger partial charge in [0.2, 0.25) is 11.8 Å². The fourth-order valence-electron chi connectivity index (χ4n) is 2.31. The van der Waals surface area contributed by atoms with Gasteiger partial charge in [-0.15, -0.1) is 0 Å².